The van der Waals surface area contributed by atoms with Crippen LogP contribution in [0.15, 0.2) is 0 Å². The number of ether oxygens (including phenoxy) is 1. The van der Waals surface area contributed by atoms with E-state index in [1.807, 2.05) is 0 Å². The summed E-state index contributed by atoms with van der Waals surface area (Å²) in [5.41, 5.74) is 5.64. The molecule has 2 amide bonds. The zero-order valence-corrected chi connectivity index (χ0v) is 8.65. The largest absolute Gasteiger partial charge is 0.381 e. The van der Waals surface area contributed by atoms with Crippen molar-refractivity contribution in [2.24, 2.45) is 11.7 Å². The average molecular weight is 212 g/mol. The van der Waals surface area contributed by atoms with Crippen molar-refractivity contribution in [3.8, 4) is 0 Å². The fourth-order valence-corrected chi connectivity index (χ4v) is 2.11. The van der Waals surface area contributed by atoms with Crippen LogP contribution < -0.4 is 5.73 Å². The van der Waals surface area contributed by atoms with Crippen molar-refractivity contribution in [2.45, 2.75) is 25.3 Å². The first-order chi connectivity index (χ1) is 7.18. The number of nitrogens with two attached hydrogens (primary N) is 1. The first-order valence-electron chi connectivity index (χ1n) is 5.36. The van der Waals surface area contributed by atoms with Crippen molar-refractivity contribution in [3.63, 3.8) is 0 Å². The Hall–Kier alpha value is -0.940. The van der Waals surface area contributed by atoms with Gasteiger partial charge < -0.3 is 10.5 Å². The molecule has 5 heteroatoms. The van der Waals surface area contributed by atoms with E-state index in [0.29, 0.717) is 26.2 Å². The van der Waals surface area contributed by atoms with Crippen molar-refractivity contribution in [2.75, 3.05) is 19.8 Å². The predicted molar refractivity (Wildman–Crippen MR) is 52.9 cm³/mol. The molecule has 84 valence electrons. The van der Waals surface area contributed by atoms with Gasteiger partial charge in [-0.1, -0.05) is 0 Å². The fourth-order valence-electron chi connectivity index (χ4n) is 2.11. The van der Waals surface area contributed by atoms with Gasteiger partial charge in [0.2, 0.25) is 11.8 Å². The van der Waals surface area contributed by atoms with E-state index >= 15 is 0 Å². The minimum atomic E-state index is -0.179. The topological polar surface area (TPSA) is 72.6 Å². The van der Waals surface area contributed by atoms with Gasteiger partial charge in [0.15, 0.2) is 0 Å². The van der Waals surface area contributed by atoms with Crippen LogP contribution in [0.25, 0.3) is 0 Å². The Bertz CT molecular complexity index is 274. The molecule has 0 bridgehead atoms. The summed E-state index contributed by atoms with van der Waals surface area (Å²) in [7, 11) is 0. The number of nitrogens with zero attached hydrogens (tertiary/aromatic N) is 1. The lowest BCUT2D eigenvalue weighted by molar-refractivity contribution is -0.146. The molecular formula is C10H16N2O3. The van der Waals surface area contributed by atoms with Crippen LogP contribution in [-0.4, -0.2) is 42.5 Å². The fraction of sp³-hybridized carbons (Fsp3) is 0.800. The van der Waals surface area contributed by atoms with Crippen molar-refractivity contribution >= 4 is 11.8 Å². The van der Waals surface area contributed by atoms with Crippen molar-refractivity contribution in [3.05, 3.63) is 0 Å². The molecule has 0 saturated carbocycles. The van der Waals surface area contributed by atoms with Gasteiger partial charge in [-0.2, -0.15) is 0 Å². The summed E-state index contributed by atoms with van der Waals surface area (Å²) in [5, 5.41) is 0. The number of carbonyl (C=O) groups excluding carboxylic acids is 2. The third kappa shape index (κ3) is 2.18. The van der Waals surface area contributed by atoms with Gasteiger partial charge in [-0.15, -0.1) is 0 Å². The van der Waals surface area contributed by atoms with Crippen LogP contribution in [0, 0.1) is 5.92 Å². The minimum Gasteiger partial charge on any atom is -0.381 e. The van der Waals surface area contributed by atoms with Crippen LogP contribution in [0.4, 0.5) is 0 Å². The summed E-state index contributed by atoms with van der Waals surface area (Å²) >= 11 is 0. The quantitative estimate of drug-likeness (QED) is 0.595. The summed E-state index contributed by atoms with van der Waals surface area (Å²) in [6.45, 7) is 1.62. The van der Waals surface area contributed by atoms with Gasteiger partial charge in [0.05, 0.1) is 0 Å². The molecular weight excluding hydrogens is 196 g/mol. The molecule has 2 heterocycles. The third-order valence-corrected chi connectivity index (χ3v) is 2.99. The van der Waals surface area contributed by atoms with E-state index in [1.165, 1.54) is 4.90 Å². The van der Waals surface area contributed by atoms with Gasteiger partial charge in [-0.3, -0.25) is 14.5 Å². The Labute approximate surface area is 88.5 Å². The van der Waals surface area contributed by atoms with Crippen molar-refractivity contribution in [1.29, 1.82) is 0 Å². The second kappa shape index (κ2) is 4.28. The highest BCUT2D eigenvalue weighted by Gasteiger charge is 2.35. The Morgan fingerprint density at radius 2 is 2.07 bits per heavy atom. The second-order valence-corrected chi connectivity index (χ2v) is 4.19. The smallest absolute Gasteiger partial charge is 0.232 e. The molecule has 2 rings (SSSR count). The molecule has 2 aliphatic rings. The number of hydrogen-bond donors (Lipinski definition) is 1. The molecule has 1 unspecified atom stereocenters. The molecule has 0 radical (unpaired) electrons. The number of rotatable bonds is 1. The van der Waals surface area contributed by atoms with Gasteiger partial charge in [0, 0.05) is 38.1 Å². The van der Waals surface area contributed by atoms with Crippen LogP contribution in [0.3, 0.4) is 0 Å². The van der Waals surface area contributed by atoms with Gasteiger partial charge in [-0.05, 0) is 12.8 Å². The summed E-state index contributed by atoms with van der Waals surface area (Å²) in [4.78, 5) is 24.7. The highest BCUT2D eigenvalue weighted by molar-refractivity contribution is 5.98. The summed E-state index contributed by atoms with van der Waals surface area (Å²) in [5.74, 6) is -0.233. The van der Waals surface area contributed by atoms with Crippen LogP contribution in [-0.2, 0) is 14.3 Å². The first-order valence-corrected chi connectivity index (χ1v) is 5.36. The van der Waals surface area contributed by atoms with Crippen LogP contribution in [0.1, 0.15) is 19.3 Å². The van der Waals surface area contributed by atoms with Gasteiger partial charge in [-0.25, -0.2) is 0 Å². The molecule has 0 aromatic carbocycles. The second-order valence-electron chi connectivity index (χ2n) is 4.19. The lowest BCUT2D eigenvalue weighted by Gasteiger charge is -2.25. The van der Waals surface area contributed by atoms with E-state index < -0.39 is 0 Å². The number of imide groups is 1. The first kappa shape index (κ1) is 10.6. The van der Waals surface area contributed by atoms with Crippen LogP contribution in [0.5, 0.6) is 0 Å². The van der Waals surface area contributed by atoms with E-state index in [0.717, 1.165) is 12.8 Å². The summed E-state index contributed by atoms with van der Waals surface area (Å²) in [6, 6.07) is -0.179. The highest BCUT2D eigenvalue weighted by atomic mass is 16.5. The van der Waals surface area contributed by atoms with Gasteiger partial charge in [0.1, 0.15) is 0 Å². The maximum Gasteiger partial charge on any atom is 0.232 e. The molecule has 0 spiro atoms. The zero-order valence-electron chi connectivity index (χ0n) is 8.65. The summed E-state index contributed by atoms with van der Waals surface area (Å²) in [6.07, 6.45) is 1.74. The highest BCUT2D eigenvalue weighted by Crippen LogP contribution is 2.20. The standard InChI is InChI=1S/C10H16N2O3/c11-8-5-9(13)12(6-8)10(14)7-1-3-15-4-2-7/h7-8H,1-6,11H2. The van der Waals surface area contributed by atoms with Crippen molar-refractivity contribution in [1.82, 2.24) is 4.90 Å². The SMILES string of the molecule is NC1CC(=O)N(C(=O)C2CCOCC2)C1. The van der Waals surface area contributed by atoms with Crippen LogP contribution >= 0.6 is 0 Å². The predicted octanol–water partition coefficient (Wildman–Crippen LogP) is -0.501. The molecule has 15 heavy (non-hydrogen) atoms. The molecule has 2 fully saturated rings. The maximum absolute atomic E-state index is 12.0. The lowest BCUT2D eigenvalue weighted by Crippen LogP contribution is -2.40. The van der Waals surface area contributed by atoms with Crippen LogP contribution in [0.2, 0.25) is 0 Å². The Morgan fingerprint density at radius 3 is 2.60 bits per heavy atom. The lowest BCUT2D eigenvalue weighted by atomic mass is 9.99. The molecule has 0 aromatic heterocycles. The van der Waals surface area contributed by atoms with E-state index in [9.17, 15) is 9.59 Å². The normalized spacial score (nSPS) is 28.5. The Kier molecular flexibility index (Phi) is 3.02. The Morgan fingerprint density at radius 1 is 1.40 bits per heavy atom. The van der Waals surface area contributed by atoms with E-state index in [2.05, 4.69) is 0 Å². The van der Waals surface area contributed by atoms with Gasteiger partial charge in [0.25, 0.3) is 0 Å². The zero-order chi connectivity index (χ0) is 10.8. The maximum atomic E-state index is 12.0. The monoisotopic (exact) mass is 212 g/mol. The van der Waals surface area contributed by atoms with E-state index in [4.69, 9.17) is 10.5 Å². The van der Waals surface area contributed by atoms with Crippen molar-refractivity contribution < 1.29 is 14.3 Å². The molecule has 5 nitrogen and oxygen atoms in total. The number of amides is 2. The third-order valence-electron chi connectivity index (χ3n) is 2.99. The molecule has 2 saturated heterocycles. The molecule has 1 atom stereocenters. The molecule has 0 aliphatic carbocycles. The summed E-state index contributed by atoms with van der Waals surface area (Å²) < 4.78 is 5.18. The Balaban J connectivity index is 1.97. The van der Waals surface area contributed by atoms with E-state index in [-0.39, 0.29) is 23.8 Å². The minimum absolute atomic E-state index is 0.0481. The van der Waals surface area contributed by atoms with Gasteiger partial charge >= 0.3 is 0 Å². The number of hydrogen-bond acceptors (Lipinski definition) is 4. The number of carbonyl (C=O) groups is 2. The molecule has 0 aromatic rings. The molecule has 2 aliphatic heterocycles. The average Bonchev–Trinajstić information content (AvgIpc) is 2.58. The number of likely N-dealkylation sites (tertiary alicyclic amines) is 1. The van der Waals surface area contributed by atoms with E-state index in [1.54, 1.807) is 0 Å². The molecule has 2 N–H and O–H groups in total.